The van der Waals surface area contributed by atoms with Crippen LogP contribution in [0.5, 0.6) is 5.75 Å². The molecule has 1 N–H and O–H groups in total. The van der Waals surface area contributed by atoms with E-state index in [-0.39, 0.29) is 0 Å². The summed E-state index contributed by atoms with van der Waals surface area (Å²) in [7, 11) is 3.83. The average Bonchev–Trinajstić information content (AvgIpc) is 3.05. The van der Waals surface area contributed by atoms with Crippen molar-refractivity contribution in [1.82, 2.24) is 15.2 Å². The highest BCUT2D eigenvalue weighted by Gasteiger charge is 2.08. The van der Waals surface area contributed by atoms with Crippen molar-refractivity contribution in [1.29, 1.82) is 0 Å². The van der Waals surface area contributed by atoms with Crippen LogP contribution in [0.4, 0.5) is 0 Å². The Bertz CT molecular complexity index is 651. The summed E-state index contributed by atoms with van der Waals surface area (Å²) in [5.41, 5.74) is 1.21. The van der Waals surface area contributed by atoms with Gasteiger partial charge in [0.25, 0.3) is 0 Å². The van der Waals surface area contributed by atoms with Gasteiger partial charge in [-0.3, -0.25) is 4.99 Å². The number of thiazole rings is 1. The first kappa shape index (κ1) is 18.3. The van der Waals surface area contributed by atoms with Gasteiger partial charge in [0.2, 0.25) is 0 Å². The Morgan fingerprint density at radius 2 is 2.04 bits per heavy atom. The first-order valence-electron chi connectivity index (χ1n) is 8.23. The maximum Gasteiger partial charge on any atom is 0.194 e. The van der Waals surface area contributed by atoms with Crippen LogP contribution in [0, 0.1) is 0 Å². The van der Waals surface area contributed by atoms with Crippen LogP contribution in [0.25, 0.3) is 0 Å². The Morgan fingerprint density at radius 3 is 2.62 bits per heavy atom. The molecule has 0 fully saturated rings. The van der Waals surface area contributed by atoms with Crippen LogP contribution in [-0.2, 0) is 19.5 Å². The Balaban J connectivity index is 1.89. The first-order chi connectivity index (χ1) is 11.7. The fraction of sp³-hybridized carbons (Fsp3) is 0.444. The standard InChI is InChI=1S/C18H26N4OS/c1-5-16-11-20-17(24-16)12-21-18(19-3)22(4)13-14-7-9-15(10-8-14)23-6-2/h7-11H,5-6,12-13H2,1-4H3,(H,19,21). The summed E-state index contributed by atoms with van der Waals surface area (Å²) in [6.45, 7) is 6.30. The number of nitrogens with one attached hydrogen (secondary N) is 1. The number of guanidine groups is 1. The van der Waals surface area contributed by atoms with Crippen molar-refractivity contribution in [3.8, 4) is 5.75 Å². The molecule has 0 bridgehead atoms. The Kier molecular flexibility index (Phi) is 7.06. The second-order valence-electron chi connectivity index (χ2n) is 5.41. The molecular formula is C18H26N4OS. The van der Waals surface area contributed by atoms with Gasteiger partial charge in [-0.05, 0) is 31.0 Å². The number of hydrogen-bond donors (Lipinski definition) is 1. The maximum atomic E-state index is 5.48. The molecule has 0 amide bonds. The van der Waals surface area contributed by atoms with E-state index in [2.05, 4.69) is 39.2 Å². The van der Waals surface area contributed by atoms with Crippen LogP contribution in [0.3, 0.4) is 0 Å². The van der Waals surface area contributed by atoms with Gasteiger partial charge >= 0.3 is 0 Å². The second kappa shape index (κ2) is 9.27. The monoisotopic (exact) mass is 346 g/mol. The summed E-state index contributed by atoms with van der Waals surface area (Å²) >= 11 is 1.75. The van der Waals surface area contributed by atoms with Crippen molar-refractivity contribution < 1.29 is 4.74 Å². The zero-order valence-electron chi connectivity index (χ0n) is 14.9. The Labute approximate surface area is 148 Å². The van der Waals surface area contributed by atoms with E-state index >= 15 is 0 Å². The molecule has 6 heteroatoms. The van der Waals surface area contributed by atoms with E-state index in [1.807, 2.05) is 32.3 Å². The van der Waals surface area contributed by atoms with Gasteiger partial charge in [-0.2, -0.15) is 0 Å². The van der Waals surface area contributed by atoms with Crippen LogP contribution >= 0.6 is 11.3 Å². The Hall–Kier alpha value is -2.08. The van der Waals surface area contributed by atoms with Crippen LogP contribution in [-0.4, -0.2) is 36.5 Å². The molecule has 0 aliphatic carbocycles. The van der Waals surface area contributed by atoms with E-state index in [9.17, 15) is 0 Å². The smallest absolute Gasteiger partial charge is 0.194 e. The van der Waals surface area contributed by atoms with Crippen molar-refractivity contribution in [2.24, 2.45) is 4.99 Å². The first-order valence-corrected chi connectivity index (χ1v) is 9.05. The molecule has 1 aromatic heterocycles. The molecule has 5 nitrogen and oxygen atoms in total. The number of aromatic nitrogens is 1. The second-order valence-corrected chi connectivity index (χ2v) is 6.61. The van der Waals surface area contributed by atoms with Gasteiger partial charge in [-0.25, -0.2) is 4.98 Å². The minimum atomic E-state index is 0.687. The van der Waals surface area contributed by atoms with Gasteiger partial charge in [-0.1, -0.05) is 19.1 Å². The average molecular weight is 347 g/mol. The zero-order chi connectivity index (χ0) is 17.4. The summed E-state index contributed by atoms with van der Waals surface area (Å²) in [6.07, 6.45) is 2.98. The summed E-state index contributed by atoms with van der Waals surface area (Å²) in [5, 5.41) is 4.46. The summed E-state index contributed by atoms with van der Waals surface area (Å²) in [6, 6.07) is 8.18. The molecule has 2 rings (SSSR count). The number of aliphatic imine (C=N–C) groups is 1. The van der Waals surface area contributed by atoms with E-state index < -0.39 is 0 Å². The molecule has 2 aromatic rings. The lowest BCUT2D eigenvalue weighted by Gasteiger charge is -2.22. The van der Waals surface area contributed by atoms with Gasteiger partial charge in [0, 0.05) is 31.7 Å². The van der Waals surface area contributed by atoms with Crippen molar-refractivity contribution >= 4 is 17.3 Å². The lowest BCUT2D eigenvalue weighted by molar-refractivity contribution is 0.340. The number of ether oxygens (including phenoxy) is 1. The number of rotatable bonds is 7. The SMILES string of the molecule is CCOc1ccc(CN(C)C(=NC)NCc2ncc(CC)s2)cc1. The number of benzene rings is 1. The predicted molar refractivity (Wildman–Crippen MR) is 101 cm³/mol. The molecule has 0 saturated heterocycles. The summed E-state index contributed by atoms with van der Waals surface area (Å²) in [4.78, 5) is 12.2. The highest BCUT2D eigenvalue weighted by atomic mass is 32.1. The van der Waals surface area contributed by atoms with Crippen molar-refractivity contribution in [2.45, 2.75) is 33.4 Å². The molecule has 0 atom stereocenters. The topological polar surface area (TPSA) is 49.8 Å². The molecule has 0 aliphatic rings. The third-order valence-electron chi connectivity index (χ3n) is 3.58. The molecule has 0 spiro atoms. The highest BCUT2D eigenvalue weighted by Crippen LogP contribution is 2.14. The van der Waals surface area contributed by atoms with Crippen LogP contribution in [0.1, 0.15) is 29.3 Å². The minimum absolute atomic E-state index is 0.687. The molecule has 1 heterocycles. The molecular weight excluding hydrogens is 320 g/mol. The van der Waals surface area contributed by atoms with Gasteiger partial charge < -0.3 is 15.0 Å². The van der Waals surface area contributed by atoms with Crippen LogP contribution in [0.2, 0.25) is 0 Å². The van der Waals surface area contributed by atoms with Gasteiger partial charge in [-0.15, -0.1) is 11.3 Å². The van der Waals surface area contributed by atoms with E-state index in [0.717, 1.165) is 29.7 Å². The van der Waals surface area contributed by atoms with Gasteiger partial charge in [0.05, 0.1) is 13.2 Å². The molecule has 130 valence electrons. The molecule has 0 saturated carbocycles. The van der Waals surface area contributed by atoms with E-state index in [4.69, 9.17) is 4.74 Å². The third-order valence-corrected chi connectivity index (χ3v) is 4.72. The molecule has 1 aromatic carbocycles. The molecule has 0 radical (unpaired) electrons. The van der Waals surface area contributed by atoms with E-state index in [1.165, 1.54) is 10.4 Å². The quantitative estimate of drug-likeness (QED) is 0.617. The van der Waals surface area contributed by atoms with Crippen molar-refractivity contribution in [2.75, 3.05) is 20.7 Å². The van der Waals surface area contributed by atoms with Gasteiger partial charge in [0.1, 0.15) is 10.8 Å². The van der Waals surface area contributed by atoms with Crippen molar-refractivity contribution in [3.63, 3.8) is 0 Å². The number of nitrogens with zero attached hydrogens (tertiary/aromatic N) is 3. The maximum absolute atomic E-state index is 5.48. The molecule has 24 heavy (non-hydrogen) atoms. The number of aryl methyl sites for hydroxylation is 1. The lowest BCUT2D eigenvalue weighted by Crippen LogP contribution is -2.38. The fourth-order valence-electron chi connectivity index (χ4n) is 2.34. The van der Waals surface area contributed by atoms with Gasteiger partial charge in [0.15, 0.2) is 5.96 Å². The highest BCUT2D eigenvalue weighted by molar-refractivity contribution is 7.11. The fourth-order valence-corrected chi connectivity index (χ4v) is 3.14. The van der Waals surface area contributed by atoms with Crippen LogP contribution in [0.15, 0.2) is 35.5 Å². The van der Waals surface area contributed by atoms with Crippen molar-refractivity contribution in [3.05, 3.63) is 45.9 Å². The van der Waals surface area contributed by atoms with Crippen LogP contribution < -0.4 is 10.1 Å². The molecule has 0 unspecified atom stereocenters. The lowest BCUT2D eigenvalue weighted by atomic mass is 10.2. The molecule has 0 aliphatic heterocycles. The summed E-state index contributed by atoms with van der Waals surface area (Å²) in [5.74, 6) is 1.76. The summed E-state index contributed by atoms with van der Waals surface area (Å²) < 4.78 is 5.48. The largest absolute Gasteiger partial charge is 0.494 e. The Morgan fingerprint density at radius 1 is 1.29 bits per heavy atom. The minimum Gasteiger partial charge on any atom is -0.494 e. The zero-order valence-corrected chi connectivity index (χ0v) is 15.7. The predicted octanol–water partition coefficient (Wildman–Crippen LogP) is 3.31. The third kappa shape index (κ3) is 5.23. The van der Waals surface area contributed by atoms with E-state index in [0.29, 0.717) is 13.2 Å². The van der Waals surface area contributed by atoms with E-state index in [1.54, 1.807) is 18.4 Å². The number of hydrogen-bond acceptors (Lipinski definition) is 4. The normalized spacial score (nSPS) is 11.4.